The molecule has 0 aliphatic carbocycles. The first-order valence-electron chi connectivity index (χ1n) is 11.6. The van der Waals surface area contributed by atoms with Gasteiger partial charge in [-0.1, -0.05) is 30.3 Å². The van der Waals surface area contributed by atoms with Crippen molar-refractivity contribution in [2.45, 2.75) is 19.9 Å². The number of amides is 2. The lowest BCUT2D eigenvalue weighted by Gasteiger charge is -2.38. The molecule has 1 fully saturated rings. The van der Waals surface area contributed by atoms with Gasteiger partial charge in [-0.2, -0.15) is 0 Å². The minimum Gasteiger partial charge on any atom is -0.497 e. The number of carbonyl (C=O) groups excluding carboxylic acids is 2. The van der Waals surface area contributed by atoms with Gasteiger partial charge in [0.15, 0.2) is 0 Å². The van der Waals surface area contributed by atoms with E-state index in [2.05, 4.69) is 51.6 Å². The zero-order chi connectivity index (χ0) is 24.1. The predicted molar refractivity (Wildman–Crippen MR) is 131 cm³/mol. The molecule has 0 radical (unpaired) electrons. The number of para-hydroxylation sites is 1. The summed E-state index contributed by atoms with van der Waals surface area (Å²) in [7, 11) is 1.60. The van der Waals surface area contributed by atoms with Gasteiger partial charge >= 0.3 is 12.0 Å². The lowest BCUT2D eigenvalue weighted by Crippen LogP contribution is -2.52. The first kappa shape index (κ1) is 23.6. The van der Waals surface area contributed by atoms with E-state index < -0.39 is 12.0 Å². The van der Waals surface area contributed by atoms with Gasteiger partial charge in [0.1, 0.15) is 5.75 Å². The Morgan fingerprint density at radius 3 is 2.41 bits per heavy atom. The molecule has 2 amide bonds. The normalized spacial score (nSPS) is 18.9. The second-order valence-electron chi connectivity index (χ2n) is 8.47. The van der Waals surface area contributed by atoms with Gasteiger partial charge in [0.05, 0.1) is 25.3 Å². The number of carbonyl (C=O) groups is 2. The Morgan fingerprint density at radius 1 is 1.06 bits per heavy atom. The molecule has 2 aromatic carbocycles. The quantitative estimate of drug-likeness (QED) is 0.613. The molecule has 180 valence electrons. The van der Waals surface area contributed by atoms with Gasteiger partial charge in [-0.3, -0.25) is 4.90 Å². The number of aryl methyl sites for hydroxylation is 1. The second-order valence-corrected chi connectivity index (χ2v) is 8.47. The smallest absolute Gasteiger partial charge is 0.338 e. The fraction of sp³-hybridized carbons (Fsp3) is 0.385. The first-order valence-corrected chi connectivity index (χ1v) is 11.6. The van der Waals surface area contributed by atoms with Gasteiger partial charge in [-0.05, 0) is 43.2 Å². The van der Waals surface area contributed by atoms with E-state index >= 15 is 0 Å². The molecule has 0 spiro atoms. The fourth-order valence-electron chi connectivity index (χ4n) is 4.53. The van der Waals surface area contributed by atoms with Gasteiger partial charge < -0.3 is 25.0 Å². The second kappa shape index (κ2) is 10.6. The maximum atomic E-state index is 13.0. The van der Waals surface area contributed by atoms with Crippen LogP contribution in [0.2, 0.25) is 0 Å². The van der Waals surface area contributed by atoms with Crippen molar-refractivity contribution in [3.05, 3.63) is 70.9 Å². The van der Waals surface area contributed by atoms with Crippen LogP contribution in [0.1, 0.15) is 24.1 Å². The summed E-state index contributed by atoms with van der Waals surface area (Å²) in [6, 6.07) is 14.8. The van der Waals surface area contributed by atoms with Crippen molar-refractivity contribution in [3.8, 4) is 5.75 Å². The molecule has 0 saturated carbocycles. The van der Waals surface area contributed by atoms with Crippen LogP contribution in [0, 0.1) is 6.92 Å². The molecule has 0 aromatic heterocycles. The Labute approximate surface area is 200 Å². The minimum atomic E-state index is -0.595. The van der Waals surface area contributed by atoms with Gasteiger partial charge in [0, 0.05) is 44.1 Å². The molecule has 4 rings (SSSR count). The third kappa shape index (κ3) is 5.17. The van der Waals surface area contributed by atoms with Crippen molar-refractivity contribution in [2.24, 2.45) is 0 Å². The summed E-state index contributed by atoms with van der Waals surface area (Å²) in [4.78, 5) is 30.2. The fourth-order valence-corrected chi connectivity index (χ4v) is 4.53. The summed E-state index contributed by atoms with van der Waals surface area (Å²) in [5, 5.41) is 5.76. The Bertz CT molecular complexity index is 1060. The van der Waals surface area contributed by atoms with Crippen LogP contribution < -0.4 is 20.3 Å². The summed E-state index contributed by atoms with van der Waals surface area (Å²) in [5.41, 5.74) is 4.33. The Balaban J connectivity index is 1.56. The number of anilines is 1. The van der Waals surface area contributed by atoms with E-state index in [9.17, 15) is 9.59 Å². The van der Waals surface area contributed by atoms with Crippen LogP contribution in [0.25, 0.3) is 0 Å². The van der Waals surface area contributed by atoms with E-state index in [4.69, 9.17) is 9.47 Å². The highest BCUT2D eigenvalue weighted by molar-refractivity contribution is 5.95. The first-order chi connectivity index (χ1) is 16.5. The number of benzene rings is 2. The number of rotatable bonds is 7. The zero-order valence-electron chi connectivity index (χ0n) is 20.0. The highest BCUT2D eigenvalue weighted by atomic mass is 16.5. The predicted octanol–water partition coefficient (Wildman–Crippen LogP) is 3.00. The number of ether oxygens (including phenoxy) is 2. The SMILES string of the molecule is CCOC(=O)C1=C(CN2CCN(c3ccccc3C)CC2)NC(=O)N[C@@H]1c1ccc(OC)cc1. The molecule has 2 aliphatic heterocycles. The standard InChI is InChI=1S/C26H32N4O4/c1-4-34-25(31)23-21(27-26(32)28-24(23)19-9-11-20(33-3)12-10-19)17-29-13-15-30(16-14-29)22-8-6-5-7-18(22)2/h5-12,24H,4,13-17H2,1-3H3,(H2,27,28,32)/t24-/m1/s1. The summed E-state index contributed by atoms with van der Waals surface area (Å²) < 4.78 is 10.6. The monoisotopic (exact) mass is 464 g/mol. The van der Waals surface area contributed by atoms with E-state index in [-0.39, 0.29) is 12.6 Å². The minimum absolute atomic E-state index is 0.258. The van der Waals surface area contributed by atoms with Crippen molar-refractivity contribution < 1.29 is 19.1 Å². The van der Waals surface area contributed by atoms with Gasteiger partial charge in [-0.25, -0.2) is 9.59 Å². The Kier molecular flexibility index (Phi) is 7.37. The van der Waals surface area contributed by atoms with E-state index in [0.717, 1.165) is 31.7 Å². The lowest BCUT2D eigenvalue weighted by molar-refractivity contribution is -0.139. The van der Waals surface area contributed by atoms with Crippen LogP contribution in [-0.2, 0) is 9.53 Å². The highest BCUT2D eigenvalue weighted by Gasteiger charge is 2.34. The van der Waals surface area contributed by atoms with Crippen molar-refractivity contribution in [2.75, 3.05) is 51.3 Å². The van der Waals surface area contributed by atoms with E-state index in [1.165, 1.54) is 11.3 Å². The zero-order valence-corrected chi connectivity index (χ0v) is 20.0. The Hall–Kier alpha value is -3.52. The van der Waals surface area contributed by atoms with Crippen molar-refractivity contribution in [1.29, 1.82) is 0 Å². The molecule has 1 saturated heterocycles. The topological polar surface area (TPSA) is 83.1 Å². The molecule has 2 N–H and O–H groups in total. The number of hydrogen-bond donors (Lipinski definition) is 2. The number of piperazine rings is 1. The van der Waals surface area contributed by atoms with Crippen molar-refractivity contribution >= 4 is 17.7 Å². The van der Waals surface area contributed by atoms with Crippen LogP contribution in [0.4, 0.5) is 10.5 Å². The number of nitrogens with zero attached hydrogens (tertiary/aromatic N) is 2. The van der Waals surface area contributed by atoms with Crippen LogP contribution in [0.15, 0.2) is 59.8 Å². The van der Waals surface area contributed by atoms with Crippen LogP contribution >= 0.6 is 0 Å². The van der Waals surface area contributed by atoms with E-state index in [1.54, 1.807) is 14.0 Å². The number of methoxy groups -OCH3 is 1. The molecule has 34 heavy (non-hydrogen) atoms. The third-order valence-electron chi connectivity index (χ3n) is 6.31. The molecule has 2 aliphatic rings. The van der Waals surface area contributed by atoms with Crippen molar-refractivity contribution in [3.63, 3.8) is 0 Å². The number of esters is 1. The van der Waals surface area contributed by atoms with E-state index in [1.807, 2.05) is 24.3 Å². The largest absolute Gasteiger partial charge is 0.497 e. The maximum Gasteiger partial charge on any atom is 0.338 e. The average Bonchev–Trinajstić information content (AvgIpc) is 2.85. The van der Waals surface area contributed by atoms with Crippen molar-refractivity contribution in [1.82, 2.24) is 15.5 Å². The third-order valence-corrected chi connectivity index (χ3v) is 6.31. The number of nitrogens with one attached hydrogen (secondary N) is 2. The molecular weight excluding hydrogens is 432 g/mol. The highest BCUT2D eigenvalue weighted by Crippen LogP contribution is 2.30. The summed E-state index contributed by atoms with van der Waals surface area (Å²) >= 11 is 0. The molecule has 2 heterocycles. The number of hydrogen-bond acceptors (Lipinski definition) is 6. The molecule has 2 aromatic rings. The van der Waals surface area contributed by atoms with Crippen LogP contribution in [0.3, 0.4) is 0 Å². The van der Waals surface area contributed by atoms with Crippen LogP contribution in [-0.4, -0.2) is 63.3 Å². The molecule has 8 heteroatoms. The summed E-state index contributed by atoms with van der Waals surface area (Å²) in [6.07, 6.45) is 0. The number of urea groups is 1. The average molecular weight is 465 g/mol. The summed E-state index contributed by atoms with van der Waals surface area (Å²) in [5.74, 6) is 0.279. The van der Waals surface area contributed by atoms with Crippen LogP contribution in [0.5, 0.6) is 5.75 Å². The van der Waals surface area contributed by atoms with Gasteiger partial charge in [0.2, 0.25) is 0 Å². The van der Waals surface area contributed by atoms with E-state index in [0.29, 0.717) is 23.6 Å². The Morgan fingerprint density at radius 2 is 1.76 bits per heavy atom. The summed E-state index contributed by atoms with van der Waals surface area (Å²) in [6.45, 7) is 8.03. The lowest BCUT2D eigenvalue weighted by atomic mass is 9.94. The molecule has 1 atom stereocenters. The molecule has 8 nitrogen and oxygen atoms in total. The molecule has 0 unspecified atom stereocenters. The molecular formula is C26H32N4O4. The van der Waals surface area contributed by atoms with Gasteiger partial charge in [-0.15, -0.1) is 0 Å². The maximum absolute atomic E-state index is 13.0. The molecule has 0 bridgehead atoms. The van der Waals surface area contributed by atoms with Gasteiger partial charge in [0.25, 0.3) is 0 Å².